The second-order valence-electron chi connectivity index (χ2n) is 9.26. The lowest BCUT2D eigenvalue weighted by atomic mass is 10.1. The van der Waals surface area contributed by atoms with Gasteiger partial charge < -0.3 is 10.2 Å². The Balaban J connectivity index is 2.44. The molecule has 0 saturated heterocycles. The van der Waals surface area contributed by atoms with Crippen LogP contribution in [-0.2, 0) is 26.2 Å². The fourth-order valence-electron chi connectivity index (χ4n) is 3.29. The molecule has 1 N–H and O–H groups in total. The van der Waals surface area contributed by atoms with Gasteiger partial charge in [0.15, 0.2) is 0 Å². The Morgan fingerprint density at radius 3 is 2.12 bits per heavy atom. The van der Waals surface area contributed by atoms with Gasteiger partial charge in [0.25, 0.3) is 0 Å². The van der Waals surface area contributed by atoms with Crippen molar-refractivity contribution in [2.45, 2.75) is 52.7 Å². The highest BCUT2D eigenvalue weighted by atomic mass is 35.5. The van der Waals surface area contributed by atoms with E-state index in [0.29, 0.717) is 21.3 Å². The van der Waals surface area contributed by atoms with Gasteiger partial charge in [0.05, 0.1) is 11.9 Å². The first-order valence-electron chi connectivity index (χ1n) is 10.7. The number of anilines is 1. The summed E-state index contributed by atoms with van der Waals surface area (Å²) in [5.41, 5.74) is 1.20. The molecule has 2 aromatic carbocycles. The molecule has 0 radical (unpaired) electrons. The number of carbonyl (C=O) groups excluding carboxylic acids is 2. The maximum absolute atomic E-state index is 13.5. The molecular formula is C24H31Cl2N3O4S. The molecule has 1 atom stereocenters. The number of halogens is 2. The number of nitrogens with zero attached hydrogens (tertiary/aromatic N) is 2. The van der Waals surface area contributed by atoms with Crippen molar-refractivity contribution < 1.29 is 18.0 Å². The third-order valence-corrected chi connectivity index (χ3v) is 6.66. The monoisotopic (exact) mass is 527 g/mol. The van der Waals surface area contributed by atoms with E-state index >= 15 is 0 Å². The number of sulfonamides is 1. The first kappa shape index (κ1) is 28.0. The minimum absolute atomic E-state index is 0.0981. The van der Waals surface area contributed by atoms with Gasteiger partial charge >= 0.3 is 0 Å². The summed E-state index contributed by atoms with van der Waals surface area (Å²) < 4.78 is 26.3. The van der Waals surface area contributed by atoms with E-state index in [1.807, 2.05) is 20.8 Å². The number of hydrogen-bond donors (Lipinski definition) is 1. The molecule has 0 aliphatic heterocycles. The normalized spacial score (nSPS) is 12.7. The summed E-state index contributed by atoms with van der Waals surface area (Å²) in [5, 5.41) is 3.76. The Kier molecular flexibility index (Phi) is 9.02. The average molecular weight is 529 g/mol. The first-order valence-corrected chi connectivity index (χ1v) is 13.3. The van der Waals surface area contributed by atoms with Gasteiger partial charge in [-0.05, 0) is 70.0 Å². The second-order valence-corrected chi connectivity index (χ2v) is 12.0. The zero-order valence-electron chi connectivity index (χ0n) is 20.2. The van der Waals surface area contributed by atoms with Crippen molar-refractivity contribution in [3.8, 4) is 0 Å². The molecule has 10 heteroatoms. The predicted molar refractivity (Wildman–Crippen MR) is 138 cm³/mol. The number of amides is 2. The molecule has 0 heterocycles. The van der Waals surface area contributed by atoms with Crippen molar-refractivity contribution in [3.05, 3.63) is 63.6 Å². The quantitative estimate of drug-likeness (QED) is 0.551. The van der Waals surface area contributed by atoms with Gasteiger partial charge in [-0.1, -0.05) is 41.4 Å². The van der Waals surface area contributed by atoms with Gasteiger partial charge in [0.2, 0.25) is 21.8 Å². The molecule has 0 aromatic heterocycles. The highest BCUT2D eigenvalue weighted by molar-refractivity contribution is 7.92. The SMILES string of the molecule is Cc1ccc(Cl)cc1N(CC(=O)N(Cc1ccc(Cl)cc1)[C@H](C)C(=O)NC(C)(C)C)S(C)(=O)=O. The van der Waals surface area contributed by atoms with Gasteiger partial charge in [0, 0.05) is 22.1 Å². The van der Waals surface area contributed by atoms with Crippen LogP contribution >= 0.6 is 23.2 Å². The highest BCUT2D eigenvalue weighted by Gasteiger charge is 2.31. The van der Waals surface area contributed by atoms with Crippen molar-refractivity contribution in [2.75, 3.05) is 17.1 Å². The zero-order chi connectivity index (χ0) is 25.8. The molecule has 0 saturated carbocycles. The van der Waals surface area contributed by atoms with Crippen LogP contribution < -0.4 is 9.62 Å². The molecular weight excluding hydrogens is 497 g/mol. The second kappa shape index (κ2) is 11.0. The number of hydrogen-bond acceptors (Lipinski definition) is 4. The number of carbonyl (C=O) groups is 2. The Morgan fingerprint density at radius 1 is 1.03 bits per heavy atom. The van der Waals surface area contributed by atoms with Gasteiger partial charge in [-0.3, -0.25) is 13.9 Å². The van der Waals surface area contributed by atoms with Crippen LogP contribution in [0.1, 0.15) is 38.8 Å². The van der Waals surface area contributed by atoms with Gasteiger partial charge in [-0.25, -0.2) is 8.42 Å². The van der Waals surface area contributed by atoms with Crippen molar-refractivity contribution in [2.24, 2.45) is 0 Å². The van der Waals surface area contributed by atoms with Crippen LogP contribution in [0.15, 0.2) is 42.5 Å². The minimum atomic E-state index is -3.83. The number of aryl methyl sites for hydroxylation is 1. The van der Waals surface area contributed by atoms with Crippen LogP contribution in [0.5, 0.6) is 0 Å². The Labute approximate surface area is 212 Å². The standard InChI is InChI=1S/C24H31Cl2N3O4S/c1-16-7-10-20(26)13-21(16)29(34(6,32)33)15-22(30)28(14-18-8-11-19(25)12-9-18)17(2)23(31)27-24(3,4)5/h7-13,17H,14-15H2,1-6H3,(H,27,31)/t17-/m1/s1. The summed E-state index contributed by atoms with van der Waals surface area (Å²) in [6, 6.07) is 10.9. The zero-order valence-corrected chi connectivity index (χ0v) is 22.6. The van der Waals surface area contributed by atoms with Crippen LogP contribution in [0.3, 0.4) is 0 Å². The Bertz CT molecular complexity index is 1150. The van der Waals surface area contributed by atoms with Crippen molar-refractivity contribution in [1.29, 1.82) is 0 Å². The molecule has 7 nitrogen and oxygen atoms in total. The lowest BCUT2D eigenvalue weighted by molar-refractivity contribution is -0.140. The van der Waals surface area contributed by atoms with E-state index in [2.05, 4.69) is 5.32 Å². The van der Waals surface area contributed by atoms with Crippen LogP contribution in [0.4, 0.5) is 5.69 Å². The Morgan fingerprint density at radius 2 is 1.59 bits per heavy atom. The van der Waals surface area contributed by atoms with E-state index in [-0.39, 0.29) is 12.5 Å². The molecule has 2 rings (SSSR count). The fourth-order valence-corrected chi connectivity index (χ4v) is 4.48. The molecule has 2 aromatic rings. The van der Waals surface area contributed by atoms with Crippen molar-refractivity contribution in [3.63, 3.8) is 0 Å². The number of nitrogens with one attached hydrogen (secondary N) is 1. The summed E-state index contributed by atoms with van der Waals surface area (Å²) in [4.78, 5) is 27.8. The molecule has 0 unspecified atom stereocenters. The van der Waals surface area contributed by atoms with E-state index < -0.39 is 34.1 Å². The average Bonchev–Trinajstić information content (AvgIpc) is 2.70. The van der Waals surface area contributed by atoms with E-state index in [1.165, 1.54) is 11.0 Å². The summed E-state index contributed by atoms with van der Waals surface area (Å²) in [7, 11) is -3.83. The maximum atomic E-state index is 13.5. The Hall–Kier alpha value is -2.29. The fraction of sp³-hybridized carbons (Fsp3) is 0.417. The first-order chi connectivity index (χ1) is 15.6. The third-order valence-electron chi connectivity index (χ3n) is 5.05. The topological polar surface area (TPSA) is 86.8 Å². The maximum Gasteiger partial charge on any atom is 0.244 e. The molecule has 186 valence electrons. The molecule has 0 aliphatic rings. The van der Waals surface area contributed by atoms with Crippen LogP contribution in [0.2, 0.25) is 10.0 Å². The largest absolute Gasteiger partial charge is 0.350 e. The summed E-state index contributed by atoms with van der Waals surface area (Å²) in [6.45, 7) is 8.49. The lowest BCUT2D eigenvalue weighted by Crippen LogP contribution is -2.54. The molecule has 2 amide bonds. The summed E-state index contributed by atoms with van der Waals surface area (Å²) in [5.74, 6) is -0.879. The molecule has 0 aliphatic carbocycles. The highest BCUT2D eigenvalue weighted by Crippen LogP contribution is 2.27. The van der Waals surface area contributed by atoms with E-state index in [1.54, 1.807) is 50.2 Å². The smallest absolute Gasteiger partial charge is 0.244 e. The van der Waals surface area contributed by atoms with Gasteiger partial charge in [-0.15, -0.1) is 0 Å². The van der Waals surface area contributed by atoms with Crippen LogP contribution in [0.25, 0.3) is 0 Å². The van der Waals surface area contributed by atoms with Crippen LogP contribution in [0, 0.1) is 6.92 Å². The lowest BCUT2D eigenvalue weighted by Gasteiger charge is -2.33. The minimum Gasteiger partial charge on any atom is -0.350 e. The molecule has 34 heavy (non-hydrogen) atoms. The predicted octanol–water partition coefficient (Wildman–Crippen LogP) is 4.40. The number of rotatable bonds is 8. The van der Waals surface area contributed by atoms with Crippen LogP contribution in [-0.4, -0.2) is 49.5 Å². The van der Waals surface area contributed by atoms with Gasteiger partial charge in [0.1, 0.15) is 12.6 Å². The van der Waals surface area contributed by atoms with E-state index in [0.717, 1.165) is 16.1 Å². The molecule has 0 fully saturated rings. The summed E-state index contributed by atoms with van der Waals surface area (Å²) >= 11 is 12.1. The van der Waals surface area contributed by atoms with E-state index in [4.69, 9.17) is 23.2 Å². The van der Waals surface area contributed by atoms with E-state index in [9.17, 15) is 18.0 Å². The molecule has 0 spiro atoms. The van der Waals surface area contributed by atoms with Crippen molar-refractivity contribution in [1.82, 2.24) is 10.2 Å². The molecule has 0 bridgehead atoms. The summed E-state index contributed by atoms with van der Waals surface area (Å²) in [6.07, 6.45) is 1.03. The van der Waals surface area contributed by atoms with Gasteiger partial charge in [-0.2, -0.15) is 0 Å². The third kappa shape index (κ3) is 7.89. The number of benzene rings is 2. The van der Waals surface area contributed by atoms with Crippen molar-refractivity contribution >= 4 is 50.7 Å².